The van der Waals surface area contributed by atoms with Crippen LogP contribution in [-0.4, -0.2) is 42.8 Å². The van der Waals surface area contributed by atoms with E-state index in [0.29, 0.717) is 22.8 Å². The molecule has 2 N–H and O–H groups in total. The van der Waals surface area contributed by atoms with E-state index in [1.165, 1.54) is 31.3 Å². The molecule has 0 radical (unpaired) electrons. The predicted molar refractivity (Wildman–Crippen MR) is 99.4 cm³/mol. The summed E-state index contributed by atoms with van der Waals surface area (Å²) in [5, 5.41) is 12.9. The highest BCUT2D eigenvalue weighted by atomic mass is 16.5. The lowest BCUT2D eigenvalue weighted by atomic mass is 9.90. The molecule has 1 aliphatic heterocycles. The summed E-state index contributed by atoms with van der Waals surface area (Å²) in [4.78, 5) is 26.1. The number of hydrogen-bond donors (Lipinski definition) is 2. The standard InChI is InChI=1S/C19H26N2O5/c1-7-19(3,4)20-10-13-11(2)21(18(23)24)14-9-16(26-6)15(25-5)8-12(14)17(13)22/h8-11,20H,7H2,1-6H3,(H,23,24). The Balaban J connectivity index is 2.62. The molecule has 0 fully saturated rings. The van der Waals surface area contributed by atoms with Gasteiger partial charge in [-0.25, -0.2) is 4.79 Å². The fraction of sp³-hybridized carbons (Fsp3) is 0.474. The first kappa shape index (κ1) is 19.6. The summed E-state index contributed by atoms with van der Waals surface area (Å²) in [7, 11) is 2.93. The van der Waals surface area contributed by atoms with Crippen molar-refractivity contribution in [3.63, 3.8) is 0 Å². The van der Waals surface area contributed by atoms with Crippen LogP contribution in [-0.2, 0) is 0 Å². The van der Waals surface area contributed by atoms with E-state index in [9.17, 15) is 14.7 Å². The van der Waals surface area contributed by atoms with E-state index >= 15 is 0 Å². The quantitative estimate of drug-likeness (QED) is 0.780. The molecule has 0 saturated heterocycles. The molecule has 26 heavy (non-hydrogen) atoms. The molecule has 1 aromatic rings. The van der Waals surface area contributed by atoms with Gasteiger partial charge in [0, 0.05) is 23.4 Å². The van der Waals surface area contributed by atoms with E-state index in [1.807, 2.05) is 20.8 Å². The number of amides is 1. The second-order valence-corrected chi connectivity index (χ2v) is 6.86. The van der Waals surface area contributed by atoms with E-state index in [-0.39, 0.29) is 16.9 Å². The number of methoxy groups -OCH3 is 2. The Hall–Kier alpha value is -2.70. The first-order valence-corrected chi connectivity index (χ1v) is 8.47. The molecule has 1 unspecified atom stereocenters. The Morgan fingerprint density at radius 3 is 2.38 bits per heavy atom. The molecule has 0 aliphatic carbocycles. The van der Waals surface area contributed by atoms with E-state index in [0.717, 1.165) is 6.42 Å². The maximum atomic E-state index is 13.0. The Morgan fingerprint density at radius 1 is 1.31 bits per heavy atom. The van der Waals surface area contributed by atoms with Crippen LogP contribution in [0.1, 0.15) is 44.5 Å². The molecule has 1 heterocycles. The summed E-state index contributed by atoms with van der Waals surface area (Å²) >= 11 is 0. The monoisotopic (exact) mass is 362 g/mol. The third kappa shape index (κ3) is 3.47. The van der Waals surface area contributed by atoms with Gasteiger partial charge in [-0.3, -0.25) is 9.69 Å². The molecule has 7 heteroatoms. The third-order valence-electron chi connectivity index (χ3n) is 4.81. The zero-order valence-corrected chi connectivity index (χ0v) is 16.0. The minimum absolute atomic E-state index is 0.209. The maximum absolute atomic E-state index is 13.0. The number of ether oxygens (including phenoxy) is 2. The number of fused-ring (bicyclic) bond motifs is 1. The van der Waals surface area contributed by atoms with Crippen LogP contribution in [0.15, 0.2) is 23.9 Å². The Labute approximate surface area is 153 Å². The molecule has 0 aromatic heterocycles. The van der Waals surface area contributed by atoms with E-state index in [4.69, 9.17) is 9.47 Å². The molecule has 0 saturated carbocycles. The summed E-state index contributed by atoms with van der Waals surface area (Å²) in [5.41, 5.74) is 0.734. The fourth-order valence-electron chi connectivity index (χ4n) is 2.77. The van der Waals surface area contributed by atoms with Gasteiger partial charge in [-0.05, 0) is 33.3 Å². The van der Waals surface area contributed by atoms with Gasteiger partial charge in [0.15, 0.2) is 17.3 Å². The van der Waals surface area contributed by atoms with Crippen molar-refractivity contribution in [1.82, 2.24) is 5.32 Å². The topological polar surface area (TPSA) is 88.1 Å². The Bertz CT molecular complexity index is 755. The number of carboxylic acid groups (broad SMARTS) is 1. The average Bonchev–Trinajstić information content (AvgIpc) is 2.60. The molecule has 1 atom stereocenters. The number of nitrogens with one attached hydrogen (secondary N) is 1. The van der Waals surface area contributed by atoms with Crippen LogP contribution in [0.2, 0.25) is 0 Å². The molecule has 1 aliphatic rings. The number of carbonyl (C=O) groups is 2. The third-order valence-corrected chi connectivity index (χ3v) is 4.81. The van der Waals surface area contributed by atoms with Crippen molar-refractivity contribution < 1.29 is 24.2 Å². The van der Waals surface area contributed by atoms with Gasteiger partial charge < -0.3 is 19.9 Å². The van der Waals surface area contributed by atoms with E-state index in [2.05, 4.69) is 5.32 Å². The van der Waals surface area contributed by atoms with E-state index in [1.54, 1.807) is 13.1 Å². The molecule has 1 amide bonds. The van der Waals surface area contributed by atoms with Gasteiger partial charge in [-0.2, -0.15) is 0 Å². The second kappa shape index (κ2) is 7.27. The summed E-state index contributed by atoms with van der Waals surface area (Å²) < 4.78 is 10.5. The van der Waals surface area contributed by atoms with Crippen LogP contribution in [0, 0.1) is 0 Å². The number of nitrogens with zero attached hydrogens (tertiary/aromatic N) is 1. The molecular weight excluding hydrogens is 336 g/mol. The summed E-state index contributed by atoms with van der Waals surface area (Å²) in [6, 6.07) is 2.42. The second-order valence-electron chi connectivity index (χ2n) is 6.86. The Morgan fingerprint density at radius 2 is 1.88 bits per heavy atom. The van der Waals surface area contributed by atoms with Gasteiger partial charge in [0.1, 0.15) is 0 Å². The first-order valence-electron chi connectivity index (χ1n) is 8.47. The van der Waals surface area contributed by atoms with Gasteiger partial charge in [0.2, 0.25) is 0 Å². The molecule has 0 spiro atoms. The highest BCUT2D eigenvalue weighted by molar-refractivity contribution is 6.18. The normalized spacial score (nSPS) is 18.5. The zero-order chi connectivity index (χ0) is 19.6. The van der Waals surface area contributed by atoms with Crippen LogP contribution in [0.4, 0.5) is 10.5 Å². The molecule has 142 valence electrons. The van der Waals surface area contributed by atoms with Gasteiger partial charge in [0.25, 0.3) is 0 Å². The number of carbonyl (C=O) groups excluding carboxylic acids is 1. The lowest BCUT2D eigenvalue weighted by Gasteiger charge is -2.35. The van der Waals surface area contributed by atoms with Gasteiger partial charge in [0.05, 0.1) is 31.5 Å². The van der Waals surface area contributed by atoms with Gasteiger partial charge in [-0.15, -0.1) is 0 Å². The van der Waals surface area contributed by atoms with Crippen molar-refractivity contribution in [1.29, 1.82) is 0 Å². The lowest BCUT2D eigenvalue weighted by molar-refractivity contribution is 0.102. The number of ketones is 1. The first-order chi connectivity index (χ1) is 12.2. The number of hydrogen-bond acceptors (Lipinski definition) is 5. The van der Waals surface area contributed by atoms with Gasteiger partial charge in [-0.1, -0.05) is 6.92 Å². The van der Waals surface area contributed by atoms with Crippen molar-refractivity contribution >= 4 is 17.6 Å². The smallest absolute Gasteiger partial charge is 0.412 e. The SMILES string of the molecule is CCC(C)(C)NC=C1C(=O)c2cc(OC)c(OC)cc2N(C(=O)O)C1C. The summed E-state index contributed by atoms with van der Waals surface area (Å²) in [5.74, 6) is 0.515. The molecule has 0 bridgehead atoms. The van der Waals surface area contributed by atoms with Crippen LogP contribution >= 0.6 is 0 Å². The molecule has 2 rings (SSSR count). The largest absolute Gasteiger partial charge is 0.493 e. The van der Waals surface area contributed by atoms with Gasteiger partial charge >= 0.3 is 6.09 Å². The van der Waals surface area contributed by atoms with Crippen molar-refractivity contribution in [2.45, 2.75) is 45.7 Å². The number of rotatable bonds is 5. The van der Waals surface area contributed by atoms with Crippen LogP contribution in [0.3, 0.4) is 0 Å². The lowest BCUT2D eigenvalue weighted by Crippen LogP contribution is -2.46. The zero-order valence-electron chi connectivity index (χ0n) is 16.0. The van der Waals surface area contributed by atoms with Crippen LogP contribution in [0.5, 0.6) is 11.5 Å². The summed E-state index contributed by atoms with van der Waals surface area (Å²) in [6.07, 6.45) is 1.34. The Kier molecular flexibility index (Phi) is 5.49. The highest BCUT2D eigenvalue weighted by Crippen LogP contribution is 2.41. The van der Waals surface area contributed by atoms with Crippen molar-refractivity contribution in [2.75, 3.05) is 19.1 Å². The average molecular weight is 362 g/mol. The maximum Gasteiger partial charge on any atom is 0.412 e. The van der Waals surface area contributed by atoms with Crippen molar-refractivity contribution in [3.8, 4) is 11.5 Å². The van der Waals surface area contributed by atoms with Crippen molar-refractivity contribution in [3.05, 3.63) is 29.5 Å². The molecule has 1 aromatic carbocycles. The number of anilines is 1. The number of Topliss-reactive ketones (excluding diaryl/α,β-unsaturated/α-hetero) is 1. The minimum atomic E-state index is -1.14. The predicted octanol–water partition coefficient (Wildman–Crippen LogP) is 3.44. The number of benzene rings is 1. The highest BCUT2D eigenvalue weighted by Gasteiger charge is 2.38. The summed E-state index contributed by atoms with van der Waals surface area (Å²) in [6.45, 7) is 7.75. The van der Waals surface area contributed by atoms with Crippen LogP contribution < -0.4 is 19.7 Å². The molecule has 7 nitrogen and oxygen atoms in total. The van der Waals surface area contributed by atoms with Crippen molar-refractivity contribution in [2.24, 2.45) is 0 Å². The molecular formula is C19H26N2O5. The van der Waals surface area contributed by atoms with Crippen LogP contribution in [0.25, 0.3) is 0 Å². The minimum Gasteiger partial charge on any atom is -0.493 e. The van der Waals surface area contributed by atoms with E-state index < -0.39 is 12.1 Å². The fourth-order valence-corrected chi connectivity index (χ4v) is 2.77.